The maximum Gasteiger partial charge on any atom is 0.864 e. The SMILES string of the molecule is Ic1ccc(OB(Oc2ccc(I)cc2)Oc2ccc(I)cc2)cc1. The van der Waals surface area contributed by atoms with Crippen molar-refractivity contribution in [2.24, 2.45) is 0 Å². The van der Waals surface area contributed by atoms with Gasteiger partial charge in [-0.25, -0.2) is 0 Å². The molecule has 0 aromatic heterocycles. The maximum atomic E-state index is 5.89. The fraction of sp³-hybridized carbons (Fsp3) is 0. The van der Waals surface area contributed by atoms with Gasteiger partial charge in [-0.1, -0.05) is 0 Å². The molecule has 126 valence electrons. The van der Waals surface area contributed by atoms with Gasteiger partial charge in [-0.05, 0) is 141 Å². The van der Waals surface area contributed by atoms with Gasteiger partial charge in [-0.15, -0.1) is 0 Å². The first-order valence-electron chi connectivity index (χ1n) is 7.35. The van der Waals surface area contributed by atoms with E-state index in [0.717, 1.165) is 10.7 Å². The molecule has 0 aliphatic heterocycles. The normalized spacial score (nSPS) is 10.2. The minimum Gasteiger partial charge on any atom is -0.490 e. The average molecular weight is 668 g/mol. The Balaban J connectivity index is 1.77. The van der Waals surface area contributed by atoms with Crippen LogP contribution >= 0.6 is 67.8 Å². The molecule has 3 nitrogen and oxygen atoms in total. The summed E-state index contributed by atoms with van der Waals surface area (Å²) in [4.78, 5) is 0. The predicted octanol–water partition coefficient (Wildman–Crippen LogP) is 6.02. The molecule has 3 aromatic rings. The van der Waals surface area contributed by atoms with Crippen LogP contribution < -0.4 is 14.0 Å². The van der Waals surface area contributed by atoms with E-state index in [-0.39, 0.29) is 0 Å². The van der Waals surface area contributed by atoms with Crippen molar-refractivity contribution in [3.05, 3.63) is 83.5 Å². The van der Waals surface area contributed by atoms with Crippen LogP contribution in [0.15, 0.2) is 72.8 Å². The van der Waals surface area contributed by atoms with Crippen LogP contribution in [0.3, 0.4) is 0 Å². The Labute approximate surface area is 188 Å². The highest BCUT2D eigenvalue weighted by molar-refractivity contribution is 14.1. The molecule has 0 aliphatic carbocycles. The number of hydrogen-bond donors (Lipinski definition) is 0. The number of halogens is 3. The number of benzene rings is 3. The minimum atomic E-state index is -0.889. The molecule has 0 fully saturated rings. The summed E-state index contributed by atoms with van der Waals surface area (Å²) in [5.74, 6) is 2.05. The molecule has 0 radical (unpaired) electrons. The Kier molecular flexibility index (Phi) is 7.11. The van der Waals surface area contributed by atoms with Gasteiger partial charge in [-0.3, -0.25) is 0 Å². The Morgan fingerprint density at radius 3 is 0.920 bits per heavy atom. The molecule has 3 rings (SSSR count). The van der Waals surface area contributed by atoms with Crippen LogP contribution in [-0.2, 0) is 0 Å². The summed E-state index contributed by atoms with van der Waals surface area (Å²) in [5.41, 5.74) is 0. The van der Waals surface area contributed by atoms with Gasteiger partial charge < -0.3 is 14.0 Å². The van der Waals surface area contributed by atoms with Crippen molar-refractivity contribution in [3.63, 3.8) is 0 Å². The van der Waals surface area contributed by atoms with Crippen molar-refractivity contribution in [2.75, 3.05) is 0 Å². The quantitative estimate of drug-likeness (QED) is 0.238. The molecule has 7 heteroatoms. The van der Waals surface area contributed by atoms with Crippen molar-refractivity contribution in [1.29, 1.82) is 0 Å². The topological polar surface area (TPSA) is 27.7 Å². The van der Waals surface area contributed by atoms with Crippen LogP contribution in [0.25, 0.3) is 0 Å². The zero-order valence-corrected chi connectivity index (χ0v) is 19.3. The Hall–Kier alpha value is -0.685. The molecule has 25 heavy (non-hydrogen) atoms. The zero-order chi connectivity index (χ0) is 17.6. The van der Waals surface area contributed by atoms with Crippen LogP contribution in [0, 0.1) is 10.7 Å². The van der Waals surface area contributed by atoms with Crippen LogP contribution in [0.5, 0.6) is 17.2 Å². The Morgan fingerprint density at radius 2 is 0.680 bits per heavy atom. The van der Waals surface area contributed by atoms with E-state index in [2.05, 4.69) is 67.8 Å². The van der Waals surface area contributed by atoms with E-state index >= 15 is 0 Å². The van der Waals surface area contributed by atoms with Gasteiger partial charge in [0.1, 0.15) is 17.2 Å². The highest BCUT2D eigenvalue weighted by atomic mass is 127. The lowest BCUT2D eigenvalue weighted by atomic mass is 10.2. The molecule has 3 aromatic carbocycles. The third-order valence-electron chi connectivity index (χ3n) is 3.14. The van der Waals surface area contributed by atoms with E-state index in [9.17, 15) is 0 Å². The highest BCUT2D eigenvalue weighted by Crippen LogP contribution is 2.20. The second-order valence-corrected chi connectivity index (χ2v) is 8.74. The highest BCUT2D eigenvalue weighted by Gasteiger charge is 2.30. The third kappa shape index (κ3) is 6.21. The summed E-state index contributed by atoms with van der Waals surface area (Å²) < 4.78 is 21.1. The molecular formula is C18H12BI3O3. The first-order valence-corrected chi connectivity index (χ1v) is 10.6. The summed E-state index contributed by atoms with van der Waals surface area (Å²) in [6, 6.07) is 23.2. The molecule has 0 amide bonds. The molecule has 0 atom stereocenters. The molecule has 0 saturated heterocycles. The van der Waals surface area contributed by atoms with Gasteiger partial charge in [0.15, 0.2) is 0 Å². The molecule has 0 aliphatic rings. The number of rotatable bonds is 6. The van der Waals surface area contributed by atoms with E-state index in [4.69, 9.17) is 14.0 Å². The van der Waals surface area contributed by atoms with Crippen LogP contribution in [0.4, 0.5) is 0 Å². The zero-order valence-electron chi connectivity index (χ0n) is 12.9. The monoisotopic (exact) mass is 668 g/mol. The first-order chi connectivity index (χ1) is 12.1. The van der Waals surface area contributed by atoms with E-state index in [0.29, 0.717) is 17.2 Å². The Bertz CT molecular complexity index is 696. The molecule has 0 saturated carbocycles. The van der Waals surface area contributed by atoms with E-state index in [1.807, 2.05) is 72.8 Å². The number of hydrogen-bond acceptors (Lipinski definition) is 3. The maximum absolute atomic E-state index is 5.89. The van der Waals surface area contributed by atoms with Gasteiger partial charge in [0.25, 0.3) is 0 Å². The lowest BCUT2D eigenvalue weighted by Gasteiger charge is -2.16. The molecule has 0 spiro atoms. The molecule has 0 unspecified atom stereocenters. The molecular weight excluding hydrogens is 656 g/mol. The smallest absolute Gasteiger partial charge is 0.490 e. The van der Waals surface area contributed by atoms with Gasteiger partial charge >= 0.3 is 7.32 Å². The summed E-state index contributed by atoms with van der Waals surface area (Å²) in [6.07, 6.45) is 0. The van der Waals surface area contributed by atoms with E-state index < -0.39 is 7.32 Å². The van der Waals surface area contributed by atoms with Crippen LogP contribution in [-0.4, -0.2) is 7.32 Å². The van der Waals surface area contributed by atoms with Crippen molar-refractivity contribution < 1.29 is 14.0 Å². The van der Waals surface area contributed by atoms with Crippen molar-refractivity contribution in [3.8, 4) is 17.2 Å². The average Bonchev–Trinajstić information content (AvgIpc) is 2.61. The van der Waals surface area contributed by atoms with Gasteiger partial charge in [0, 0.05) is 10.7 Å². The summed E-state index contributed by atoms with van der Waals surface area (Å²) >= 11 is 6.76. The van der Waals surface area contributed by atoms with Crippen LogP contribution in [0.1, 0.15) is 0 Å². The summed E-state index contributed by atoms with van der Waals surface area (Å²) in [6.45, 7) is 0. The van der Waals surface area contributed by atoms with Crippen molar-refractivity contribution >= 4 is 75.1 Å². The second kappa shape index (κ2) is 9.31. The van der Waals surface area contributed by atoms with Gasteiger partial charge in [0.2, 0.25) is 0 Å². The molecule has 0 heterocycles. The summed E-state index contributed by atoms with van der Waals surface area (Å²) in [7, 11) is -0.889. The van der Waals surface area contributed by atoms with Crippen molar-refractivity contribution in [2.45, 2.75) is 0 Å². The fourth-order valence-corrected chi connectivity index (χ4v) is 3.02. The minimum absolute atomic E-state index is 0.682. The lowest BCUT2D eigenvalue weighted by Crippen LogP contribution is -2.36. The van der Waals surface area contributed by atoms with E-state index in [1.165, 1.54) is 0 Å². The molecule has 0 N–H and O–H groups in total. The standard InChI is InChI=1S/C18H12BI3O3/c20-13-1-7-16(8-2-13)23-19(24-17-9-3-14(21)4-10-17)25-18-11-5-15(22)6-12-18/h1-12H. The second-order valence-electron chi connectivity index (χ2n) is 5.00. The summed E-state index contributed by atoms with van der Waals surface area (Å²) in [5, 5.41) is 0. The van der Waals surface area contributed by atoms with Crippen molar-refractivity contribution in [1.82, 2.24) is 0 Å². The van der Waals surface area contributed by atoms with Gasteiger partial charge in [-0.2, -0.15) is 0 Å². The molecule has 0 bridgehead atoms. The van der Waals surface area contributed by atoms with Crippen LogP contribution in [0.2, 0.25) is 0 Å². The Morgan fingerprint density at radius 1 is 0.440 bits per heavy atom. The van der Waals surface area contributed by atoms with E-state index in [1.54, 1.807) is 0 Å². The predicted molar refractivity (Wildman–Crippen MR) is 125 cm³/mol. The third-order valence-corrected chi connectivity index (χ3v) is 5.30. The lowest BCUT2D eigenvalue weighted by molar-refractivity contribution is 0.307. The largest absolute Gasteiger partial charge is 0.864 e. The fourth-order valence-electron chi connectivity index (χ4n) is 1.94. The first kappa shape index (κ1) is 19.1. The van der Waals surface area contributed by atoms with Gasteiger partial charge in [0.05, 0.1) is 0 Å².